The third kappa shape index (κ3) is 7.13. The van der Waals surface area contributed by atoms with E-state index in [0.717, 1.165) is 5.56 Å². The molecule has 0 aliphatic carbocycles. The molecule has 134 valence electrons. The second kappa shape index (κ2) is 8.83. The van der Waals surface area contributed by atoms with Crippen LogP contribution >= 0.6 is 0 Å². The van der Waals surface area contributed by atoms with Crippen LogP contribution in [-0.4, -0.2) is 35.8 Å². The lowest BCUT2D eigenvalue weighted by Crippen LogP contribution is -2.48. The zero-order valence-electron chi connectivity index (χ0n) is 15.5. The van der Waals surface area contributed by atoms with Crippen molar-refractivity contribution in [3.05, 3.63) is 35.9 Å². The molecular weight excluding hydrogens is 302 g/mol. The molecule has 1 rings (SSSR count). The summed E-state index contributed by atoms with van der Waals surface area (Å²) in [6.45, 7) is 11.2. The number of carbonyl (C=O) groups is 2. The smallest absolute Gasteiger partial charge is 0.242 e. The van der Waals surface area contributed by atoms with E-state index in [1.807, 2.05) is 44.2 Å². The Kier molecular flexibility index (Phi) is 7.42. The fourth-order valence-corrected chi connectivity index (χ4v) is 2.30. The number of hydrogen-bond acceptors (Lipinski definition) is 3. The molecule has 1 atom stereocenters. The Hall–Kier alpha value is -1.88. The Morgan fingerprint density at radius 2 is 1.75 bits per heavy atom. The summed E-state index contributed by atoms with van der Waals surface area (Å²) in [5.41, 5.74) is 6.86. The molecule has 24 heavy (non-hydrogen) atoms. The minimum Gasteiger partial charge on any atom is -0.346 e. The van der Waals surface area contributed by atoms with Crippen molar-refractivity contribution in [2.75, 3.05) is 13.1 Å². The molecular formula is C19H31N3O2. The van der Waals surface area contributed by atoms with E-state index in [0.29, 0.717) is 13.1 Å². The number of amides is 2. The van der Waals surface area contributed by atoms with E-state index in [1.54, 1.807) is 4.90 Å². The number of carbonyl (C=O) groups excluding carboxylic acids is 2. The molecule has 0 heterocycles. The zero-order chi connectivity index (χ0) is 18.3. The molecule has 0 saturated heterocycles. The molecule has 0 aromatic heterocycles. The average molecular weight is 333 g/mol. The molecule has 2 amide bonds. The van der Waals surface area contributed by atoms with Gasteiger partial charge in [-0.2, -0.15) is 0 Å². The molecule has 0 saturated carbocycles. The van der Waals surface area contributed by atoms with Gasteiger partial charge in [-0.3, -0.25) is 9.59 Å². The van der Waals surface area contributed by atoms with E-state index in [-0.39, 0.29) is 29.7 Å². The Labute approximate surface area is 145 Å². The van der Waals surface area contributed by atoms with Crippen molar-refractivity contribution < 1.29 is 9.59 Å². The van der Waals surface area contributed by atoms with Gasteiger partial charge in [-0.15, -0.1) is 0 Å². The van der Waals surface area contributed by atoms with Crippen LogP contribution in [0.5, 0.6) is 0 Å². The number of rotatable bonds is 7. The molecule has 5 nitrogen and oxygen atoms in total. The van der Waals surface area contributed by atoms with Gasteiger partial charge in [0, 0.05) is 13.1 Å². The lowest BCUT2D eigenvalue weighted by Gasteiger charge is -2.30. The third-order valence-corrected chi connectivity index (χ3v) is 3.67. The fraction of sp³-hybridized carbons (Fsp3) is 0.579. The second-order valence-electron chi connectivity index (χ2n) is 7.78. The van der Waals surface area contributed by atoms with Crippen molar-refractivity contribution in [1.82, 2.24) is 10.2 Å². The highest BCUT2D eigenvalue weighted by Crippen LogP contribution is 2.17. The summed E-state index contributed by atoms with van der Waals surface area (Å²) in [5.74, 6) is -0.345. The first kappa shape index (κ1) is 20.2. The van der Waals surface area contributed by atoms with Crippen molar-refractivity contribution in [1.29, 1.82) is 0 Å². The molecule has 0 unspecified atom stereocenters. The van der Waals surface area contributed by atoms with Crippen molar-refractivity contribution in [3.8, 4) is 0 Å². The van der Waals surface area contributed by atoms with Gasteiger partial charge in [0.25, 0.3) is 0 Å². The standard InChI is InChI=1S/C19H31N3O2/c1-14(2)17(20)18(24)21-11-16(23)22(13-19(3,4)5)12-15-9-7-6-8-10-15/h6-10,14,17H,11-13,20H2,1-5H3,(H,21,24)/t17-/m0/s1. The van der Waals surface area contributed by atoms with Crippen LogP contribution in [0.15, 0.2) is 30.3 Å². The molecule has 0 radical (unpaired) electrons. The van der Waals surface area contributed by atoms with Crippen LogP contribution in [0, 0.1) is 11.3 Å². The van der Waals surface area contributed by atoms with Crippen molar-refractivity contribution >= 4 is 11.8 Å². The van der Waals surface area contributed by atoms with Crippen LogP contribution in [0.3, 0.4) is 0 Å². The number of nitrogens with two attached hydrogens (primary N) is 1. The van der Waals surface area contributed by atoms with Crippen molar-refractivity contribution in [3.63, 3.8) is 0 Å². The SMILES string of the molecule is CC(C)[C@H](N)C(=O)NCC(=O)N(Cc1ccccc1)CC(C)(C)C. The Balaban J connectivity index is 2.72. The van der Waals surface area contributed by atoms with Crippen LogP contribution in [0.25, 0.3) is 0 Å². The topological polar surface area (TPSA) is 75.4 Å². The van der Waals surface area contributed by atoms with Gasteiger partial charge in [0.2, 0.25) is 11.8 Å². The van der Waals surface area contributed by atoms with Gasteiger partial charge in [-0.25, -0.2) is 0 Å². The van der Waals surface area contributed by atoms with Gasteiger partial charge < -0.3 is 16.0 Å². The maximum Gasteiger partial charge on any atom is 0.242 e. The summed E-state index contributed by atoms with van der Waals surface area (Å²) in [4.78, 5) is 26.3. The largest absolute Gasteiger partial charge is 0.346 e. The predicted molar refractivity (Wildman–Crippen MR) is 97.1 cm³/mol. The van der Waals surface area contributed by atoms with E-state index in [1.165, 1.54) is 0 Å². The Morgan fingerprint density at radius 3 is 2.25 bits per heavy atom. The molecule has 1 aromatic rings. The highest BCUT2D eigenvalue weighted by atomic mass is 16.2. The number of nitrogens with zero attached hydrogens (tertiary/aromatic N) is 1. The second-order valence-corrected chi connectivity index (χ2v) is 7.78. The summed E-state index contributed by atoms with van der Waals surface area (Å²) in [7, 11) is 0. The third-order valence-electron chi connectivity index (χ3n) is 3.67. The van der Waals surface area contributed by atoms with E-state index >= 15 is 0 Å². The maximum absolute atomic E-state index is 12.6. The van der Waals surface area contributed by atoms with E-state index in [2.05, 4.69) is 26.1 Å². The number of hydrogen-bond donors (Lipinski definition) is 2. The molecule has 0 aliphatic heterocycles. The van der Waals surface area contributed by atoms with Crippen molar-refractivity contribution in [2.45, 2.75) is 47.2 Å². The maximum atomic E-state index is 12.6. The van der Waals surface area contributed by atoms with E-state index < -0.39 is 6.04 Å². The molecule has 0 aliphatic rings. The minimum atomic E-state index is -0.594. The highest BCUT2D eigenvalue weighted by Gasteiger charge is 2.23. The molecule has 3 N–H and O–H groups in total. The van der Waals surface area contributed by atoms with E-state index in [4.69, 9.17) is 5.73 Å². The molecule has 0 spiro atoms. The first-order valence-corrected chi connectivity index (χ1v) is 8.45. The molecule has 0 bridgehead atoms. The predicted octanol–water partition coefficient (Wildman–Crippen LogP) is 2.16. The average Bonchev–Trinajstić information content (AvgIpc) is 2.50. The Bertz CT molecular complexity index is 535. The van der Waals surface area contributed by atoms with Gasteiger partial charge >= 0.3 is 0 Å². The quantitative estimate of drug-likeness (QED) is 0.803. The van der Waals surface area contributed by atoms with Crippen LogP contribution in [0.4, 0.5) is 0 Å². The summed E-state index contributed by atoms with van der Waals surface area (Å²) in [6.07, 6.45) is 0. The molecule has 1 aromatic carbocycles. The Morgan fingerprint density at radius 1 is 1.17 bits per heavy atom. The summed E-state index contributed by atoms with van der Waals surface area (Å²) in [5, 5.41) is 2.66. The molecule has 0 fully saturated rings. The monoisotopic (exact) mass is 333 g/mol. The van der Waals surface area contributed by atoms with Crippen LogP contribution in [0.1, 0.15) is 40.2 Å². The van der Waals surface area contributed by atoms with Gasteiger partial charge in [0.15, 0.2) is 0 Å². The minimum absolute atomic E-state index is 0.0250. The van der Waals surface area contributed by atoms with E-state index in [9.17, 15) is 9.59 Å². The van der Waals surface area contributed by atoms with Gasteiger partial charge in [0.05, 0.1) is 12.6 Å². The number of nitrogens with one attached hydrogen (secondary N) is 1. The van der Waals surface area contributed by atoms with Crippen molar-refractivity contribution in [2.24, 2.45) is 17.1 Å². The van der Waals surface area contributed by atoms with Gasteiger partial charge in [-0.1, -0.05) is 65.0 Å². The lowest BCUT2D eigenvalue weighted by atomic mass is 9.95. The highest BCUT2D eigenvalue weighted by molar-refractivity contribution is 5.87. The van der Waals surface area contributed by atoms with Gasteiger partial charge in [0.1, 0.15) is 0 Å². The van der Waals surface area contributed by atoms with Gasteiger partial charge in [-0.05, 0) is 16.9 Å². The van der Waals surface area contributed by atoms with Crippen LogP contribution in [-0.2, 0) is 16.1 Å². The van der Waals surface area contributed by atoms with Crippen LogP contribution < -0.4 is 11.1 Å². The first-order chi connectivity index (χ1) is 11.1. The number of benzene rings is 1. The molecule has 5 heteroatoms. The first-order valence-electron chi connectivity index (χ1n) is 8.45. The zero-order valence-corrected chi connectivity index (χ0v) is 15.5. The van der Waals surface area contributed by atoms with Crippen LogP contribution in [0.2, 0.25) is 0 Å². The summed E-state index contributed by atoms with van der Waals surface area (Å²) >= 11 is 0. The summed E-state index contributed by atoms with van der Waals surface area (Å²) < 4.78 is 0. The fourth-order valence-electron chi connectivity index (χ4n) is 2.30. The normalized spacial score (nSPS) is 12.8. The lowest BCUT2D eigenvalue weighted by molar-refractivity contribution is -0.134. The summed E-state index contributed by atoms with van der Waals surface area (Å²) in [6, 6.07) is 9.26.